The van der Waals surface area contributed by atoms with Crippen LogP contribution in [0.2, 0.25) is 0 Å². The quantitative estimate of drug-likeness (QED) is 0.639. The molecule has 1 aliphatic heterocycles. The number of aliphatic imine (C=N–C) groups is 1. The van der Waals surface area contributed by atoms with Crippen LogP contribution in [0.25, 0.3) is 0 Å². The molecule has 5 nitrogen and oxygen atoms in total. The molecule has 4 N–H and O–H groups in total. The van der Waals surface area contributed by atoms with Gasteiger partial charge in [-0.2, -0.15) is 0 Å². The van der Waals surface area contributed by atoms with E-state index < -0.39 is 0 Å². The molecule has 5 heteroatoms. The molecule has 0 saturated heterocycles. The molecule has 96 valence electrons. The fourth-order valence-corrected chi connectivity index (χ4v) is 2.75. The average molecular weight is 238 g/mol. The Labute approximate surface area is 102 Å². The summed E-state index contributed by atoms with van der Waals surface area (Å²) >= 11 is 0. The van der Waals surface area contributed by atoms with E-state index in [4.69, 9.17) is 10.9 Å². The Balaban J connectivity index is 1.96. The van der Waals surface area contributed by atoms with Crippen LogP contribution in [-0.4, -0.2) is 35.1 Å². The van der Waals surface area contributed by atoms with Crippen LogP contribution >= 0.6 is 0 Å². The Morgan fingerprint density at radius 3 is 2.94 bits per heavy atom. The molecule has 0 bridgehead atoms. The van der Waals surface area contributed by atoms with E-state index in [1.54, 1.807) is 6.08 Å². The van der Waals surface area contributed by atoms with Gasteiger partial charge in [0.25, 0.3) is 0 Å². The van der Waals surface area contributed by atoms with Crippen molar-refractivity contribution in [3.63, 3.8) is 0 Å². The summed E-state index contributed by atoms with van der Waals surface area (Å²) in [6.45, 7) is 5.33. The van der Waals surface area contributed by atoms with Crippen LogP contribution in [0.15, 0.2) is 16.9 Å². The van der Waals surface area contributed by atoms with Gasteiger partial charge in [0.2, 0.25) is 0 Å². The summed E-state index contributed by atoms with van der Waals surface area (Å²) in [6.07, 6.45) is 6.07. The lowest BCUT2D eigenvalue weighted by Gasteiger charge is -2.37. The molecule has 0 aromatic rings. The van der Waals surface area contributed by atoms with E-state index in [1.165, 1.54) is 12.8 Å². The molecule has 4 atom stereocenters. The number of hydrogen-bond acceptors (Lipinski definition) is 5. The van der Waals surface area contributed by atoms with Crippen LogP contribution in [0.4, 0.5) is 0 Å². The third kappa shape index (κ3) is 2.54. The van der Waals surface area contributed by atoms with Crippen molar-refractivity contribution < 1.29 is 5.21 Å². The van der Waals surface area contributed by atoms with E-state index in [9.17, 15) is 0 Å². The van der Waals surface area contributed by atoms with Gasteiger partial charge in [-0.3, -0.25) is 15.7 Å². The van der Waals surface area contributed by atoms with Gasteiger partial charge in [-0.15, -0.1) is 0 Å². The maximum Gasteiger partial charge on any atom is 0.118 e. The molecule has 17 heavy (non-hydrogen) atoms. The fraction of sp³-hybridized carbons (Fsp3) is 0.750. The molecule has 2 rings (SSSR count). The van der Waals surface area contributed by atoms with Crippen molar-refractivity contribution >= 4 is 6.34 Å². The van der Waals surface area contributed by atoms with Crippen molar-refractivity contribution in [3.8, 4) is 0 Å². The first-order valence-electron chi connectivity index (χ1n) is 6.26. The van der Waals surface area contributed by atoms with Crippen LogP contribution in [0.1, 0.15) is 26.7 Å². The van der Waals surface area contributed by atoms with Gasteiger partial charge in [0.1, 0.15) is 5.82 Å². The van der Waals surface area contributed by atoms with Crippen LogP contribution in [-0.2, 0) is 0 Å². The Kier molecular flexibility index (Phi) is 3.57. The van der Waals surface area contributed by atoms with Crippen molar-refractivity contribution in [2.45, 2.75) is 38.8 Å². The highest BCUT2D eigenvalue weighted by molar-refractivity contribution is 5.59. The first kappa shape index (κ1) is 12.2. The number of fused-ring (bicyclic) bond motifs is 1. The van der Waals surface area contributed by atoms with E-state index in [1.807, 2.05) is 11.8 Å². The van der Waals surface area contributed by atoms with E-state index in [2.05, 4.69) is 23.7 Å². The van der Waals surface area contributed by atoms with Crippen LogP contribution in [0.3, 0.4) is 0 Å². The lowest BCUT2D eigenvalue weighted by atomic mass is 9.76. The van der Waals surface area contributed by atoms with Crippen LogP contribution in [0.5, 0.6) is 0 Å². The monoisotopic (exact) mass is 238 g/mol. The summed E-state index contributed by atoms with van der Waals surface area (Å²) in [6, 6.07) is 0.946. The van der Waals surface area contributed by atoms with Gasteiger partial charge in [-0.1, -0.05) is 13.8 Å². The summed E-state index contributed by atoms with van der Waals surface area (Å²) in [5, 5.41) is 8.62. The molecule has 1 aliphatic carbocycles. The van der Waals surface area contributed by atoms with Crippen molar-refractivity contribution in [2.75, 3.05) is 6.54 Å². The van der Waals surface area contributed by atoms with Gasteiger partial charge in [0, 0.05) is 6.54 Å². The van der Waals surface area contributed by atoms with Crippen molar-refractivity contribution in [1.82, 2.24) is 10.4 Å². The van der Waals surface area contributed by atoms with Gasteiger partial charge >= 0.3 is 0 Å². The van der Waals surface area contributed by atoms with E-state index in [0.29, 0.717) is 24.4 Å². The Hall–Kier alpha value is -1.23. The zero-order chi connectivity index (χ0) is 12.4. The van der Waals surface area contributed by atoms with Gasteiger partial charge in [-0.25, -0.2) is 0 Å². The largest absolute Gasteiger partial charge is 0.384 e. The molecule has 0 radical (unpaired) electrons. The second-order valence-electron chi connectivity index (χ2n) is 5.29. The standard InChI is InChI=1S/C12H22N4O/c1-8-5-10-11(6-9(8)2)16(7-14-10)4-3-12(13)15-17/h3,7-11,15,17H,4-6,13H2,1-2H3/b12-3-. The summed E-state index contributed by atoms with van der Waals surface area (Å²) in [5.41, 5.74) is 7.44. The first-order valence-corrected chi connectivity index (χ1v) is 6.26. The molecule has 0 spiro atoms. The molecule has 2 aliphatic rings. The molecular weight excluding hydrogens is 216 g/mol. The van der Waals surface area contributed by atoms with Gasteiger partial charge in [-0.05, 0) is 30.8 Å². The molecule has 1 saturated carbocycles. The first-order chi connectivity index (χ1) is 8.11. The summed E-state index contributed by atoms with van der Waals surface area (Å²) in [4.78, 5) is 6.80. The predicted molar refractivity (Wildman–Crippen MR) is 67.5 cm³/mol. The molecular formula is C12H22N4O. The second-order valence-corrected chi connectivity index (χ2v) is 5.29. The number of hydroxylamine groups is 1. The number of nitrogens with two attached hydrogens (primary N) is 1. The molecule has 0 aromatic carbocycles. The Bertz CT molecular complexity index is 328. The zero-order valence-corrected chi connectivity index (χ0v) is 10.5. The van der Waals surface area contributed by atoms with Crippen molar-refractivity contribution in [1.29, 1.82) is 0 Å². The number of nitrogens with one attached hydrogen (secondary N) is 1. The average Bonchev–Trinajstić information content (AvgIpc) is 2.69. The minimum absolute atomic E-state index is 0.291. The molecule has 0 amide bonds. The third-order valence-corrected chi connectivity index (χ3v) is 4.13. The molecule has 0 aromatic heterocycles. The molecule has 1 fully saturated rings. The second kappa shape index (κ2) is 4.96. The van der Waals surface area contributed by atoms with Crippen LogP contribution < -0.4 is 11.2 Å². The maximum absolute atomic E-state index is 8.62. The van der Waals surface area contributed by atoms with Gasteiger partial charge < -0.3 is 10.6 Å². The number of rotatable bonds is 3. The smallest absolute Gasteiger partial charge is 0.118 e. The Morgan fingerprint density at radius 1 is 1.53 bits per heavy atom. The lowest BCUT2D eigenvalue weighted by Crippen LogP contribution is -2.43. The summed E-state index contributed by atoms with van der Waals surface area (Å²) < 4.78 is 0. The minimum atomic E-state index is 0.291. The highest BCUT2D eigenvalue weighted by atomic mass is 16.5. The summed E-state index contributed by atoms with van der Waals surface area (Å²) in [5.74, 6) is 1.80. The highest BCUT2D eigenvalue weighted by Gasteiger charge is 2.37. The normalized spacial score (nSPS) is 37.1. The fourth-order valence-electron chi connectivity index (χ4n) is 2.75. The maximum atomic E-state index is 8.62. The Morgan fingerprint density at radius 2 is 2.24 bits per heavy atom. The van der Waals surface area contributed by atoms with Crippen LogP contribution in [0, 0.1) is 11.8 Å². The highest BCUT2D eigenvalue weighted by Crippen LogP contribution is 2.35. The zero-order valence-electron chi connectivity index (χ0n) is 10.5. The topological polar surface area (TPSA) is 73.9 Å². The summed E-state index contributed by atoms with van der Waals surface area (Å²) in [7, 11) is 0. The lowest BCUT2D eigenvalue weighted by molar-refractivity contribution is 0.167. The van der Waals surface area contributed by atoms with Crippen molar-refractivity contribution in [2.24, 2.45) is 22.6 Å². The van der Waals surface area contributed by atoms with E-state index >= 15 is 0 Å². The SMILES string of the molecule is CC1CC2N=CN(C/C=C(/N)NO)C2CC1C. The predicted octanol–water partition coefficient (Wildman–Crippen LogP) is 0.912. The molecule has 1 heterocycles. The van der Waals surface area contributed by atoms with Gasteiger partial charge in [0.15, 0.2) is 0 Å². The van der Waals surface area contributed by atoms with Crippen molar-refractivity contribution in [3.05, 3.63) is 11.9 Å². The minimum Gasteiger partial charge on any atom is -0.384 e. The molecule has 4 unspecified atom stereocenters. The van der Waals surface area contributed by atoms with E-state index in [-0.39, 0.29) is 0 Å². The number of nitrogens with zero attached hydrogens (tertiary/aromatic N) is 2. The van der Waals surface area contributed by atoms with Gasteiger partial charge in [0.05, 0.1) is 18.4 Å². The third-order valence-electron chi connectivity index (χ3n) is 4.13. The number of hydrogen-bond donors (Lipinski definition) is 3. The van der Waals surface area contributed by atoms with E-state index in [0.717, 1.165) is 11.8 Å².